The molecule has 1 aromatic rings. The third kappa shape index (κ3) is 3.41. The minimum atomic E-state index is -0.609. The molecule has 0 fully saturated rings. The molecule has 1 heterocycles. The molecule has 0 spiro atoms. The lowest BCUT2D eigenvalue weighted by Gasteiger charge is -2.22. The normalized spacial score (nSPS) is 18.0. The molecular weight excluding hydrogens is 302 g/mol. The van der Waals surface area contributed by atoms with Crippen LogP contribution >= 0.6 is 11.8 Å². The maximum absolute atomic E-state index is 12.2. The van der Waals surface area contributed by atoms with Crippen molar-refractivity contribution in [2.45, 2.75) is 30.0 Å². The summed E-state index contributed by atoms with van der Waals surface area (Å²) in [6.45, 7) is 3.47. The Bertz CT molecular complexity index is 630. The molecule has 0 bridgehead atoms. The Labute approximate surface area is 133 Å². The van der Waals surface area contributed by atoms with Crippen LogP contribution in [0.1, 0.15) is 24.2 Å². The second-order valence-corrected chi connectivity index (χ2v) is 6.77. The minimum absolute atomic E-state index is 0.0776. The molecular formula is C15H19N3O3S. The Morgan fingerprint density at radius 1 is 1.36 bits per heavy atom. The van der Waals surface area contributed by atoms with E-state index in [1.807, 2.05) is 13.0 Å². The fourth-order valence-electron chi connectivity index (χ4n) is 2.08. The maximum Gasteiger partial charge on any atom is 0.251 e. The third-order valence-corrected chi connectivity index (χ3v) is 4.51. The van der Waals surface area contributed by atoms with E-state index in [2.05, 4.69) is 10.6 Å². The molecule has 7 heteroatoms. The Kier molecular flexibility index (Phi) is 4.75. The molecule has 0 aliphatic carbocycles. The van der Waals surface area contributed by atoms with E-state index in [1.54, 1.807) is 33.2 Å². The number of hydrogen-bond acceptors (Lipinski definition) is 4. The summed E-state index contributed by atoms with van der Waals surface area (Å²) in [4.78, 5) is 38.0. The highest BCUT2D eigenvalue weighted by Crippen LogP contribution is 2.35. The predicted octanol–water partition coefficient (Wildman–Crippen LogP) is 1.33. The molecule has 0 saturated carbocycles. The van der Waals surface area contributed by atoms with Gasteiger partial charge in [0.05, 0.1) is 10.9 Å². The molecule has 6 nitrogen and oxygen atoms in total. The van der Waals surface area contributed by atoms with E-state index in [9.17, 15) is 14.4 Å². The van der Waals surface area contributed by atoms with Crippen LogP contribution in [0.4, 0.5) is 5.69 Å². The van der Waals surface area contributed by atoms with Gasteiger partial charge in [0.1, 0.15) is 6.04 Å². The van der Waals surface area contributed by atoms with E-state index < -0.39 is 6.04 Å². The second kappa shape index (κ2) is 6.39. The van der Waals surface area contributed by atoms with Crippen LogP contribution in [0, 0.1) is 0 Å². The number of thioether (sulfide) groups is 1. The van der Waals surface area contributed by atoms with Gasteiger partial charge in [0.15, 0.2) is 0 Å². The summed E-state index contributed by atoms with van der Waals surface area (Å²) >= 11 is 1.46. The van der Waals surface area contributed by atoms with E-state index in [1.165, 1.54) is 16.7 Å². The smallest absolute Gasteiger partial charge is 0.251 e. The summed E-state index contributed by atoms with van der Waals surface area (Å²) in [5.74, 6) is -0.599. The van der Waals surface area contributed by atoms with Gasteiger partial charge in [0, 0.05) is 24.6 Å². The zero-order chi connectivity index (χ0) is 16.4. The molecule has 0 radical (unpaired) electrons. The number of rotatable bonds is 3. The molecule has 1 aliphatic rings. The van der Waals surface area contributed by atoms with Crippen molar-refractivity contribution in [3.63, 3.8) is 0 Å². The van der Waals surface area contributed by atoms with Crippen LogP contribution < -0.4 is 10.6 Å². The van der Waals surface area contributed by atoms with Crippen molar-refractivity contribution in [3.8, 4) is 0 Å². The first-order chi connectivity index (χ1) is 10.3. The van der Waals surface area contributed by atoms with Gasteiger partial charge >= 0.3 is 0 Å². The average Bonchev–Trinajstić information content (AvgIpc) is 2.46. The van der Waals surface area contributed by atoms with Crippen LogP contribution in [0.2, 0.25) is 0 Å². The van der Waals surface area contributed by atoms with Gasteiger partial charge in [-0.05, 0) is 32.0 Å². The van der Waals surface area contributed by atoms with E-state index in [0.29, 0.717) is 11.3 Å². The highest BCUT2D eigenvalue weighted by Gasteiger charge is 2.24. The van der Waals surface area contributed by atoms with E-state index in [0.717, 1.165) is 4.90 Å². The van der Waals surface area contributed by atoms with Crippen LogP contribution in [0.3, 0.4) is 0 Å². The summed E-state index contributed by atoms with van der Waals surface area (Å²) in [6.07, 6.45) is 0. The number of carbonyl (C=O) groups excluding carboxylic acids is 3. The molecule has 1 aliphatic heterocycles. The van der Waals surface area contributed by atoms with Gasteiger partial charge < -0.3 is 15.5 Å². The van der Waals surface area contributed by atoms with Gasteiger partial charge in [-0.25, -0.2) is 0 Å². The SMILES string of the molecule is C[C@@H](NC(=O)c1ccc2c(c1)NC(=O)[C@@H](C)S2)C(=O)N(C)C. The summed E-state index contributed by atoms with van der Waals surface area (Å²) < 4.78 is 0. The number of amides is 3. The molecule has 1 aromatic carbocycles. The monoisotopic (exact) mass is 321 g/mol. The number of nitrogens with one attached hydrogen (secondary N) is 2. The maximum atomic E-state index is 12.2. The summed E-state index contributed by atoms with van der Waals surface area (Å²) in [6, 6.07) is 4.53. The number of benzene rings is 1. The molecule has 2 N–H and O–H groups in total. The quantitative estimate of drug-likeness (QED) is 0.880. The van der Waals surface area contributed by atoms with Crippen LogP contribution in [0.25, 0.3) is 0 Å². The van der Waals surface area contributed by atoms with Crippen LogP contribution in [0.15, 0.2) is 23.1 Å². The van der Waals surface area contributed by atoms with Gasteiger partial charge in [-0.3, -0.25) is 14.4 Å². The van der Waals surface area contributed by atoms with Crippen molar-refractivity contribution in [3.05, 3.63) is 23.8 Å². The van der Waals surface area contributed by atoms with E-state index in [4.69, 9.17) is 0 Å². The lowest BCUT2D eigenvalue weighted by molar-refractivity contribution is -0.130. The largest absolute Gasteiger partial charge is 0.347 e. The van der Waals surface area contributed by atoms with E-state index >= 15 is 0 Å². The van der Waals surface area contributed by atoms with Gasteiger partial charge in [0.25, 0.3) is 5.91 Å². The van der Waals surface area contributed by atoms with Crippen molar-refractivity contribution in [1.29, 1.82) is 0 Å². The average molecular weight is 321 g/mol. The zero-order valence-electron chi connectivity index (χ0n) is 13.0. The predicted molar refractivity (Wildman–Crippen MR) is 86.0 cm³/mol. The molecule has 22 heavy (non-hydrogen) atoms. The van der Waals surface area contributed by atoms with Crippen molar-refractivity contribution >= 4 is 35.2 Å². The summed E-state index contributed by atoms with van der Waals surface area (Å²) in [5, 5.41) is 5.29. The molecule has 0 saturated heterocycles. The van der Waals surface area contributed by atoms with Gasteiger partial charge in [-0.1, -0.05) is 0 Å². The van der Waals surface area contributed by atoms with E-state index in [-0.39, 0.29) is 23.0 Å². The Hall–Kier alpha value is -2.02. The van der Waals surface area contributed by atoms with Gasteiger partial charge in [-0.15, -0.1) is 11.8 Å². The topological polar surface area (TPSA) is 78.5 Å². The molecule has 118 valence electrons. The number of fused-ring (bicyclic) bond motifs is 1. The minimum Gasteiger partial charge on any atom is -0.347 e. The molecule has 2 rings (SSSR count). The third-order valence-electron chi connectivity index (χ3n) is 3.33. The van der Waals surface area contributed by atoms with Gasteiger partial charge in [0.2, 0.25) is 11.8 Å². The standard InChI is InChI=1S/C15H19N3O3S/c1-8(15(21)18(3)4)16-14(20)10-5-6-12-11(7-10)17-13(19)9(2)22-12/h5-9H,1-4H3,(H,16,20)(H,17,19)/t8-,9-/m1/s1. The molecule has 0 aromatic heterocycles. The highest BCUT2D eigenvalue weighted by atomic mass is 32.2. The Balaban J connectivity index is 2.13. The number of likely N-dealkylation sites (N-methyl/N-ethyl adjacent to an activating group) is 1. The molecule has 2 atom stereocenters. The number of anilines is 1. The molecule has 3 amide bonds. The second-order valence-electron chi connectivity index (χ2n) is 5.39. The fraction of sp³-hybridized carbons (Fsp3) is 0.400. The lowest BCUT2D eigenvalue weighted by atomic mass is 10.1. The van der Waals surface area contributed by atoms with Gasteiger partial charge in [-0.2, -0.15) is 0 Å². The number of hydrogen-bond donors (Lipinski definition) is 2. The molecule has 0 unspecified atom stereocenters. The summed E-state index contributed by atoms with van der Waals surface area (Å²) in [5.41, 5.74) is 1.04. The summed E-state index contributed by atoms with van der Waals surface area (Å²) in [7, 11) is 3.27. The Morgan fingerprint density at radius 2 is 2.05 bits per heavy atom. The lowest BCUT2D eigenvalue weighted by Crippen LogP contribution is -2.44. The highest BCUT2D eigenvalue weighted by molar-refractivity contribution is 8.00. The zero-order valence-corrected chi connectivity index (χ0v) is 13.8. The first-order valence-corrected chi connectivity index (χ1v) is 7.81. The number of nitrogens with zero attached hydrogens (tertiary/aromatic N) is 1. The van der Waals surface area contributed by atoms with Crippen molar-refractivity contribution in [2.75, 3.05) is 19.4 Å². The van der Waals surface area contributed by atoms with Crippen molar-refractivity contribution < 1.29 is 14.4 Å². The van der Waals surface area contributed by atoms with Crippen molar-refractivity contribution in [1.82, 2.24) is 10.2 Å². The number of carbonyl (C=O) groups is 3. The van der Waals surface area contributed by atoms with Crippen LogP contribution in [-0.4, -0.2) is 48.0 Å². The first-order valence-electron chi connectivity index (χ1n) is 6.93. The van der Waals surface area contributed by atoms with Crippen molar-refractivity contribution in [2.24, 2.45) is 0 Å². The van der Waals surface area contributed by atoms with Crippen LogP contribution in [-0.2, 0) is 9.59 Å². The fourth-order valence-corrected chi connectivity index (χ4v) is 3.01. The first kappa shape index (κ1) is 16.4. The Morgan fingerprint density at radius 3 is 2.68 bits per heavy atom. The van der Waals surface area contributed by atoms with Crippen LogP contribution in [0.5, 0.6) is 0 Å².